The van der Waals surface area contributed by atoms with Crippen LogP contribution in [0.25, 0.3) is 16.9 Å². The average Bonchev–Trinajstić information content (AvgIpc) is 3.01. The molecule has 0 saturated carbocycles. The van der Waals surface area contributed by atoms with Gasteiger partial charge in [0.25, 0.3) is 5.82 Å². The molecule has 0 atom stereocenters. The van der Waals surface area contributed by atoms with Gasteiger partial charge in [0.2, 0.25) is 0 Å². The Labute approximate surface area is 152 Å². The first kappa shape index (κ1) is 16.1. The van der Waals surface area contributed by atoms with Gasteiger partial charge in [0.1, 0.15) is 0 Å². The molecule has 1 fully saturated rings. The minimum atomic E-state index is 0.739. The molecule has 0 radical (unpaired) electrons. The van der Waals surface area contributed by atoms with Gasteiger partial charge in [0, 0.05) is 5.02 Å². The second kappa shape index (κ2) is 6.86. The number of likely N-dealkylation sites (N-methyl/N-ethyl adjacent to an activating group) is 1. The fourth-order valence-electron chi connectivity index (χ4n) is 3.16. The van der Waals surface area contributed by atoms with Crippen molar-refractivity contribution in [2.75, 3.05) is 33.2 Å². The number of fused-ring (bicyclic) bond motifs is 1. The van der Waals surface area contributed by atoms with Crippen molar-refractivity contribution in [1.82, 2.24) is 9.99 Å². The normalized spacial score (nSPS) is 16.2. The molecule has 2 N–H and O–H groups in total. The smallest absolute Gasteiger partial charge is 0.292 e. The lowest BCUT2D eigenvalue weighted by Gasteiger charge is -2.27. The van der Waals surface area contributed by atoms with E-state index in [4.69, 9.17) is 11.6 Å². The molecule has 5 nitrogen and oxygen atoms in total. The number of hydrazone groups is 1. The zero-order valence-electron chi connectivity index (χ0n) is 14.2. The summed E-state index contributed by atoms with van der Waals surface area (Å²) < 4.78 is 2.15. The van der Waals surface area contributed by atoms with E-state index in [-0.39, 0.29) is 0 Å². The van der Waals surface area contributed by atoms with Crippen LogP contribution in [0.4, 0.5) is 0 Å². The van der Waals surface area contributed by atoms with Crippen LogP contribution in [0.5, 0.6) is 0 Å². The van der Waals surface area contributed by atoms with Crippen molar-refractivity contribution in [3.05, 3.63) is 59.4 Å². The van der Waals surface area contributed by atoms with Crippen molar-refractivity contribution in [3.8, 4) is 11.4 Å². The minimum absolute atomic E-state index is 0.739. The van der Waals surface area contributed by atoms with Crippen molar-refractivity contribution in [1.29, 1.82) is 0 Å². The van der Waals surface area contributed by atoms with Crippen molar-refractivity contribution >= 4 is 23.3 Å². The number of halogens is 1. The van der Waals surface area contributed by atoms with Crippen LogP contribution in [0.3, 0.4) is 0 Å². The van der Waals surface area contributed by atoms with Crippen LogP contribution in [0, 0.1) is 0 Å². The second-order valence-corrected chi connectivity index (χ2v) is 6.94. The molecule has 3 aromatic rings. The summed E-state index contributed by atoms with van der Waals surface area (Å²) >= 11 is 6.02. The quantitative estimate of drug-likeness (QED) is 0.538. The molecule has 2 aromatic heterocycles. The lowest BCUT2D eigenvalue weighted by Crippen LogP contribution is -3.11. The highest BCUT2D eigenvalue weighted by Crippen LogP contribution is 2.19. The Bertz CT molecular complexity index is 892. The van der Waals surface area contributed by atoms with Gasteiger partial charge in [-0.25, -0.2) is 4.98 Å². The van der Waals surface area contributed by atoms with Crippen molar-refractivity contribution in [2.24, 2.45) is 5.10 Å². The van der Waals surface area contributed by atoms with Crippen molar-refractivity contribution in [2.45, 2.75) is 0 Å². The Hall–Kier alpha value is -2.37. The molecule has 0 unspecified atom stereocenters. The number of hydrogen-bond donors (Lipinski definition) is 2. The Kier molecular flexibility index (Phi) is 4.42. The van der Waals surface area contributed by atoms with E-state index in [1.165, 1.54) is 0 Å². The van der Waals surface area contributed by atoms with Gasteiger partial charge in [0.15, 0.2) is 11.2 Å². The van der Waals surface area contributed by atoms with E-state index in [0.29, 0.717) is 0 Å². The first-order valence-corrected chi connectivity index (χ1v) is 8.97. The molecular weight excluding hydrogens is 334 g/mol. The third-order valence-electron chi connectivity index (χ3n) is 4.69. The van der Waals surface area contributed by atoms with Crippen LogP contribution < -0.4 is 9.30 Å². The summed E-state index contributed by atoms with van der Waals surface area (Å²) in [5.41, 5.74) is 3.21. The molecule has 6 heteroatoms. The maximum absolute atomic E-state index is 6.02. The molecule has 1 aliphatic heterocycles. The predicted octanol–water partition coefficient (Wildman–Crippen LogP) is 1.24. The fraction of sp³-hybridized carbons (Fsp3) is 0.263. The summed E-state index contributed by atoms with van der Waals surface area (Å²) in [4.78, 5) is 5.08. The Morgan fingerprint density at radius 1 is 1.16 bits per heavy atom. The summed E-state index contributed by atoms with van der Waals surface area (Å²) in [6.07, 6.45) is 4.00. The summed E-state index contributed by atoms with van der Waals surface area (Å²) in [5.74, 6) is 1.02. The predicted molar refractivity (Wildman–Crippen MR) is 100 cm³/mol. The molecular formula is C19H22ClN5+2. The third kappa shape index (κ3) is 3.38. The summed E-state index contributed by atoms with van der Waals surface area (Å²) in [6, 6.07) is 14.1. The van der Waals surface area contributed by atoms with Crippen LogP contribution in [-0.4, -0.2) is 49.4 Å². The Morgan fingerprint density at radius 3 is 2.68 bits per heavy atom. The first-order valence-electron chi connectivity index (χ1n) is 8.59. The molecule has 0 amide bonds. The number of imidazole rings is 1. The van der Waals surface area contributed by atoms with E-state index in [9.17, 15) is 0 Å². The summed E-state index contributed by atoms with van der Waals surface area (Å²) in [7, 11) is 2.23. The molecule has 0 bridgehead atoms. The number of rotatable bonds is 3. The maximum Gasteiger partial charge on any atom is 0.292 e. The first-order chi connectivity index (χ1) is 12.2. The number of aromatic amines is 1. The van der Waals surface area contributed by atoms with Crippen LogP contribution in [0.15, 0.2) is 53.8 Å². The lowest BCUT2D eigenvalue weighted by molar-refractivity contribution is -0.884. The van der Waals surface area contributed by atoms with E-state index >= 15 is 0 Å². The van der Waals surface area contributed by atoms with E-state index in [1.54, 1.807) is 4.90 Å². The van der Waals surface area contributed by atoms with Gasteiger partial charge in [-0.3, -0.25) is 5.01 Å². The monoisotopic (exact) mass is 355 g/mol. The number of nitrogens with zero attached hydrogens (tertiary/aromatic N) is 3. The maximum atomic E-state index is 6.02. The van der Waals surface area contributed by atoms with E-state index in [0.717, 1.165) is 53.8 Å². The van der Waals surface area contributed by atoms with Gasteiger partial charge in [0.05, 0.1) is 51.2 Å². The molecule has 1 aromatic carbocycles. The van der Waals surface area contributed by atoms with E-state index < -0.39 is 0 Å². The Morgan fingerprint density at radius 2 is 1.92 bits per heavy atom. The molecule has 1 saturated heterocycles. The average molecular weight is 356 g/mol. The van der Waals surface area contributed by atoms with Crippen molar-refractivity contribution < 1.29 is 9.30 Å². The van der Waals surface area contributed by atoms with Crippen LogP contribution in [-0.2, 0) is 0 Å². The number of nitrogens with one attached hydrogen (secondary N) is 2. The number of H-pyrrole nitrogens is 1. The standard InChI is InChI=1S/C19H20ClN5/c1-23-10-12-24(13-11-23)21-14-17-18-4-2-3-9-25(18)19(22-17)15-5-7-16(20)8-6-15/h2-9,14H,10-13H2,1H3/p+2/b21-14+. The number of benzene rings is 1. The van der Waals surface area contributed by atoms with E-state index in [2.05, 4.69) is 38.8 Å². The molecule has 1 aliphatic rings. The van der Waals surface area contributed by atoms with Gasteiger partial charge >= 0.3 is 0 Å². The summed E-state index contributed by atoms with van der Waals surface area (Å²) in [5, 5.41) is 7.58. The molecule has 0 aliphatic carbocycles. The summed E-state index contributed by atoms with van der Waals surface area (Å²) in [6.45, 7) is 4.26. The topological polar surface area (TPSA) is 39.9 Å². The molecule has 25 heavy (non-hydrogen) atoms. The largest absolute Gasteiger partial charge is 0.334 e. The molecule has 3 heterocycles. The third-order valence-corrected chi connectivity index (χ3v) is 4.94. The highest BCUT2D eigenvalue weighted by molar-refractivity contribution is 6.30. The lowest BCUT2D eigenvalue weighted by atomic mass is 10.2. The van der Waals surface area contributed by atoms with Gasteiger partial charge < -0.3 is 4.90 Å². The van der Waals surface area contributed by atoms with Crippen LogP contribution in [0.1, 0.15) is 5.69 Å². The Balaban J connectivity index is 1.69. The highest BCUT2D eigenvalue weighted by Gasteiger charge is 2.19. The fourth-order valence-corrected chi connectivity index (χ4v) is 3.28. The molecule has 4 rings (SSSR count). The highest BCUT2D eigenvalue weighted by atomic mass is 35.5. The van der Waals surface area contributed by atoms with Gasteiger partial charge in [-0.05, 0) is 36.4 Å². The second-order valence-electron chi connectivity index (χ2n) is 6.51. The number of hydrogen-bond acceptors (Lipinski definition) is 2. The number of quaternary nitrogens is 1. The van der Waals surface area contributed by atoms with Gasteiger partial charge in [-0.1, -0.05) is 17.7 Å². The van der Waals surface area contributed by atoms with E-state index in [1.807, 2.05) is 42.6 Å². The minimum Gasteiger partial charge on any atom is -0.334 e. The van der Waals surface area contributed by atoms with Crippen LogP contribution in [0.2, 0.25) is 5.02 Å². The molecule has 0 spiro atoms. The molecule has 128 valence electrons. The van der Waals surface area contributed by atoms with Gasteiger partial charge in [-0.15, -0.1) is 0 Å². The number of aromatic nitrogens is 2. The van der Waals surface area contributed by atoms with Crippen LogP contribution >= 0.6 is 11.6 Å². The van der Waals surface area contributed by atoms with Crippen molar-refractivity contribution in [3.63, 3.8) is 0 Å². The van der Waals surface area contributed by atoms with Gasteiger partial charge in [-0.2, -0.15) is 9.50 Å². The number of pyridine rings is 1. The zero-order chi connectivity index (χ0) is 17.2. The number of piperazine rings is 1. The SMILES string of the molecule is C[NH+]1CCN(/N=C/c2[nH]c(-c3ccc(Cl)cc3)[n+]3ccccc23)CC1. The zero-order valence-corrected chi connectivity index (χ0v) is 15.0.